The van der Waals surface area contributed by atoms with E-state index in [0.717, 1.165) is 5.56 Å². The zero-order chi connectivity index (χ0) is 11.0. The minimum atomic E-state index is -0.424. The van der Waals surface area contributed by atoms with Crippen LogP contribution in [-0.4, -0.2) is 15.1 Å². The van der Waals surface area contributed by atoms with Crippen molar-refractivity contribution in [3.8, 4) is 11.5 Å². The molecule has 15 heavy (non-hydrogen) atoms. The Labute approximate surface area is 85.4 Å². The van der Waals surface area contributed by atoms with Crippen molar-refractivity contribution in [2.45, 2.75) is 12.8 Å². The van der Waals surface area contributed by atoms with Gasteiger partial charge in [-0.05, 0) is 29.7 Å². The molecule has 0 unspecified atom stereocenters. The Morgan fingerprint density at radius 1 is 1.20 bits per heavy atom. The zero-order valence-corrected chi connectivity index (χ0v) is 7.80. The quantitative estimate of drug-likeness (QED) is 0.416. The topological polar surface area (TPSA) is 83.6 Å². The van der Waals surface area contributed by atoms with Crippen LogP contribution in [0, 0.1) is 10.1 Å². The summed E-state index contributed by atoms with van der Waals surface area (Å²) in [5.41, 5.74) is 1.55. The summed E-state index contributed by atoms with van der Waals surface area (Å²) in [5, 5.41) is 29.0. The van der Waals surface area contributed by atoms with Gasteiger partial charge >= 0.3 is 0 Å². The maximum Gasteiger partial charge on any atom is 0.247 e. The van der Waals surface area contributed by atoms with Crippen LogP contribution in [0.1, 0.15) is 17.5 Å². The fraction of sp³-hybridized carbons (Fsp3) is 0.200. The highest BCUT2D eigenvalue weighted by atomic mass is 16.6. The standard InChI is InChI=1S/C10H9NO4/c12-9-4-6-1-2-8(11(14)15)3-7(6)5-10(9)13/h3-5,12-13H,1-2H2. The number of phenols is 2. The third-order valence-corrected chi connectivity index (χ3v) is 2.44. The normalized spacial score (nSPS) is 14.3. The van der Waals surface area contributed by atoms with Gasteiger partial charge in [-0.25, -0.2) is 0 Å². The summed E-state index contributed by atoms with van der Waals surface area (Å²) in [5.74, 6) is -0.443. The molecule has 1 aromatic rings. The summed E-state index contributed by atoms with van der Waals surface area (Å²) in [7, 11) is 0. The Bertz CT molecular complexity index is 465. The van der Waals surface area contributed by atoms with E-state index in [9.17, 15) is 20.3 Å². The van der Waals surface area contributed by atoms with Crippen molar-refractivity contribution in [3.63, 3.8) is 0 Å². The van der Waals surface area contributed by atoms with Gasteiger partial charge in [-0.3, -0.25) is 10.1 Å². The molecule has 1 aliphatic carbocycles. The molecular weight excluding hydrogens is 198 g/mol. The fourth-order valence-electron chi connectivity index (χ4n) is 1.65. The van der Waals surface area contributed by atoms with Crippen LogP contribution >= 0.6 is 0 Å². The Kier molecular flexibility index (Phi) is 2.07. The maximum atomic E-state index is 10.5. The average molecular weight is 207 g/mol. The first kappa shape index (κ1) is 9.51. The van der Waals surface area contributed by atoms with Gasteiger partial charge in [0.15, 0.2) is 11.5 Å². The summed E-state index contributed by atoms with van der Waals surface area (Å²) in [4.78, 5) is 10.1. The smallest absolute Gasteiger partial charge is 0.247 e. The minimum absolute atomic E-state index is 0.132. The largest absolute Gasteiger partial charge is 0.504 e. The van der Waals surface area contributed by atoms with Crippen LogP contribution in [0.3, 0.4) is 0 Å². The lowest BCUT2D eigenvalue weighted by molar-refractivity contribution is -0.426. The average Bonchev–Trinajstić information content (AvgIpc) is 2.19. The van der Waals surface area contributed by atoms with E-state index in [0.29, 0.717) is 18.4 Å². The second kappa shape index (κ2) is 3.27. The number of hydrogen-bond acceptors (Lipinski definition) is 4. The molecule has 1 aliphatic rings. The molecule has 1 aromatic carbocycles. The molecule has 0 aliphatic heterocycles. The van der Waals surface area contributed by atoms with Crippen LogP contribution in [0.4, 0.5) is 0 Å². The molecular formula is C10H9NO4. The number of rotatable bonds is 1. The van der Waals surface area contributed by atoms with Crippen molar-refractivity contribution in [2.24, 2.45) is 0 Å². The molecule has 0 heterocycles. The van der Waals surface area contributed by atoms with Crippen molar-refractivity contribution in [1.29, 1.82) is 0 Å². The first-order chi connectivity index (χ1) is 7.08. The van der Waals surface area contributed by atoms with Gasteiger partial charge in [0.05, 0.1) is 4.92 Å². The summed E-state index contributed by atoms with van der Waals surface area (Å²) in [6.45, 7) is 0. The highest BCUT2D eigenvalue weighted by molar-refractivity contribution is 5.62. The highest BCUT2D eigenvalue weighted by Gasteiger charge is 2.19. The van der Waals surface area contributed by atoms with Crippen molar-refractivity contribution >= 4 is 6.08 Å². The van der Waals surface area contributed by atoms with Gasteiger partial charge in [0.25, 0.3) is 0 Å². The SMILES string of the molecule is O=[N+]([O-])C1=Cc2cc(O)c(O)cc2CC1. The molecule has 0 saturated carbocycles. The number of nitrogens with zero attached hydrogens (tertiary/aromatic N) is 1. The van der Waals surface area contributed by atoms with Gasteiger partial charge in [-0.2, -0.15) is 0 Å². The Morgan fingerprint density at radius 2 is 1.87 bits per heavy atom. The summed E-state index contributed by atoms with van der Waals surface area (Å²) in [6, 6.07) is 2.78. The van der Waals surface area contributed by atoms with E-state index in [1.54, 1.807) is 0 Å². The van der Waals surface area contributed by atoms with Gasteiger partial charge in [-0.15, -0.1) is 0 Å². The number of fused-ring (bicyclic) bond motifs is 1. The number of hydrogen-bond donors (Lipinski definition) is 2. The molecule has 0 spiro atoms. The predicted molar refractivity (Wildman–Crippen MR) is 53.1 cm³/mol. The lowest BCUT2D eigenvalue weighted by atomic mass is 9.95. The second-order valence-electron chi connectivity index (χ2n) is 3.43. The lowest BCUT2D eigenvalue weighted by Crippen LogP contribution is -2.06. The van der Waals surface area contributed by atoms with Crippen molar-refractivity contribution < 1.29 is 15.1 Å². The van der Waals surface area contributed by atoms with Crippen molar-refractivity contribution in [1.82, 2.24) is 0 Å². The number of aromatic hydroxyl groups is 2. The lowest BCUT2D eigenvalue weighted by Gasteiger charge is -2.12. The molecule has 0 saturated heterocycles. The third-order valence-electron chi connectivity index (χ3n) is 2.44. The number of allylic oxidation sites excluding steroid dienone is 1. The maximum absolute atomic E-state index is 10.5. The highest BCUT2D eigenvalue weighted by Crippen LogP contribution is 2.33. The number of phenolic OH excluding ortho intramolecular Hbond substituents is 2. The van der Waals surface area contributed by atoms with E-state index in [1.807, 2.05) is 0 Å². The molecule has 0 radical (unpaired) electrons. The van der Waals surface area contributed by atoms with E-state index in [2.05, 4.69) is 0 Å². The molecule has 0 amide bonds. The van der Waals surface area contributed by atoms with Gasteiger partial charge in [0.1, 0.15) is 0 Å². The molecule has 0 atom stereocenters. The van der Waals surface area contributed by atoms with Gasteiger partial charge < -0.3 is 10.2 Å². The number of nitro groups is 1. The summed E-state index contributed by atoms with van der Waals surface area (Å²) in [6.07, 6.45) is 2.29. The van der Waals surface area contributed by atoms with Crippen LogP contribution in [-0.2, 0) is 6.42 Å². The predicted octanol–water partition coefficient (Wildman–Crippen LogP) is 1.66. The molecule has 2 N–H and O–H groups in total. The summed E-state index contributed by atoms with van der Waals surface area (Å²) < 4.78 is 0. The van der Waals surface area contributed by atoms with Crippen LogP contribution in [0.15, 0.2) is 17.8 Å². The van der Waals surface area contributed by atoms with E-state index in [4.69, 9.17) is 0 Å². The minimum Gasteiger partial charge on any atom is -0.504 e. The molecule has 5 nitrogen and oxygen atoms in total. The first-order valence-electron chi connectivity index (χ1n) is 4.48. The van der Waals surface area contributed by atoms with Crippen molar-refractivity contribution in [2.75, 3.05) is 0 Å². The van der Waals surface area contributed by atoms with E-state index in [-0.39, 0.29) is 17.2 Å². The number of aryl methyl sites for hydroxylation is 1. The molecule has 0 bridgehead atoms. The Morgan fingerprint density at radius 3 is 2.53 bits per heavy atom. The molecule has 78 valence electrons. The molecule has 2 rings (SSSR count). The van der Waals surface area contributed by atoms with E-state index in [1.165, 1.54) is 18.2 Å². The zero-order valence-electron chi connectivity index (χ0n) is 7.80. The fourth-order valence-corrected chi connectivity index (χ4v) is 1.65. The third kappa shape index (κ3) is 1.63. The van der Waals surface area contributed by atoms with Crippen LogP contribution in [0.5, 0.6) is 11.5 Å². The van der Waals surface area contributed by atoms with Crippen molar-refractivity contribution in [3.05, 3.63) is 39.1 Å². The second-order valence-corrected chi connectivity index (χ2v) is 3.43. The molecule has 0 fully saturated rings. The Hall–Kier alpha value is -2.04. The monoisotopic (exact) mass is 207 g/mol. The van der Waals surface area contributed by atoms with Gasteiger partial charge in [0, 0.05) is 12.5 Å². The molecule has 5 heteroatoms. The van der Waals surface area contributed by atoms with Crippen LogP contribution in [0.2, 0.25) is 0 Å². The van der Waals surface area contributed by atoms with E-state index >= 15 is 0 Å². The van der Waals surface area contributed by atoms with Gasteiger partial charge in [0.2, 0.25) is 5.70 Å². The van der Waals surface area contributed by atoms with E-state index < -0.39 is 4.92 Å². The summed E-state index contributed by atoms with van der Waals surface area (Å²) >= 11 is 0. The van der Waals surface area contributed by atoms with Crippen LogP contribution in [0.25, 0.3) is 6.08 Å². The number of benzene rings is 1. The van der Waals surface area contributed by atoms with Gasteiger partial charge in [-0.1, -0.05) is 0 Å². The molecule has 0 aromatic heterocycles. The first-order valence-corrected chi connectivity index (χ1v) is 4.48. The Balaban J connectivity index is 2.51. The van der Waals surface area contributed by atoms with Crippen LogP contribution < -0.4 is 0 Å².